The molecule has 2 amide bonds. The van der Waals surface area contributed by atoms with E-state index in [1.807, 2.05) is 4.90 Å². The summed E-state index contributed by atoms with van der Waals surface area (Å²) in [5, 5.41) is 0.0731. The summed E-state index contributed by atoms with van der Waals surface area (Å²) in [7, 11) is -3.70. The second-order valence-corrected chi connectivity index (χ2v) is 9.46. The summed E-state index contributed by atoms with van der Waals surface area (Å²) in [6.45, 7) is 1.74. The van der Waals surface area contributed by atoms with Crippen molar-refractivity contribution in [3.05, 3.63) is 58.9 Å². The maximum Gasteiger partial charge on any atom is 0.255 e. The SMILES string of the molecule is O=C(c1ccc(N2C(=O)CCS2(=O)=O)cc1Cl)N1CCN(c2ccccc2F)CC1. The van der Waals surface area contributed by atoms with Crippen LogP contribution in [0.15, 0.2) is 42.5 Å². The van der Waals surface area contributed by atoms with E-state index in [0.29, 0.717) is 31.9 Å². The molecule has 4 rings (SSSR count). The van der Waals surface area contributed by atoms with Crippen molar-refractivity contribution in [2.45, 2.75) is 6.42 Å². The molecule has 2 aliphatic rings. The third-order valence-electron chi connectivity index (χ3n) is 5.26. The fourth-order valence-electron chi connectivity index (χ4n) is 3.70. The lowest BCUT2D eigenvalue weighted by Crippen LogP contribution is -2.49. The molecule has 0 bridgehead atoms. The van der Waals surface area contributed by atoms with Gasteiger partial charge in [0.25, 0.3) is 5.91 Å². The molecule has 0 spiro atoms. The minimum atomic E-state index is -3.70. The van der Waals surface area contributed by atoms with Crippen LogP contribution in [0.25, 0.3) is 0 Å². The Labute approximate surface area is 178 Å². The molecule has 0 atom stereocenters. The first-order valence-electron chi connectivity index (χ1n) is 9.42. The zero-order valence-corrected chi connectivity index (χ0v) is 17.5. The highest BCUT2D eigenvalue weighted by Gasteiger charge is 2.36. The van der Waals surface area contributed by atoms with Gasteiger partial charge in [0.1, 0.15) is 5.82 Å². The van der Waals surface area contributed by atoms with Crippen LogP contribution in [0.4, 0.5) is 15.8 Å². The fourth-order valence-corrected chi connectivity index (χ4v) is 5.41. The summed E-state index contributed by atoms with van der Waals surface area (Å²) in [5.74, 6) is -1.36. The number of piperazine rings is 1. The predicted octanol–water partition coefficient (Wildman–Crippen LogP) is 2.51. The monoisotopic (exact) mass is 451 g/mol. The smallest absolute Gasteiger partial charge is 0.255 e. The van der Waals surface area contributed by atoms with Crippen molar-refractivity contribution in [2.24, 2.45) is 0 Å². The molecule has 158 valence electrons. The average Bonchev–Trinajstić information content (AvgIpc) is 3.00. The van der Waals surface area contributed by atoms with Crippen molar-refractivity contribution in [1.82, 2.24) is 4.90 Å². The van der Waals surface area contributed by atoms with Gasteiger partial charge in [-0.3, -0.25) is 9.59 Å². The number of carbonyl (C=O) groups excluding carboxylic acids is 2. The predicted molar refractivity (Wildman–Crippen MR) is 112 cm³/mol. The van der Waals surface area contributed by atoms with Crippen LogP contribution < -0.4 is 9.21 Å². The first kappa shape index (κ1) is 20.6. The number of benzene rings is 2. The highest BCUT2D eigenvalue weighted by atomic mass is 35.5. The summed E-state index contributed by atoms with van der Waals surface area (Å²) in [4.78, 5) is 28.3. The normalized spacial score (nSPS) is 18.7. The minimum Gasteiger partial charge on any atom is -0.366 e. The van der Waals surface area contributed by atoms with Crippen LogP contribution in [-0.2, 0) is 14.8 Å². The Bertz CT molecular complexity index is 1120. The Hall–Kier alpha value is -2.65. The van der Waals surface area contributed by atoms with Crippen LogP contribution in [0.3, 0.4) is 0 Å². The van der Waals surface area contributed by atoms with Gasteiger partial charge in [-0.05, 0) is 30.3 Å². The van der Waals surface area contributed by atoms with E-state index in [4.69, 9.17) is 11.6 Å². The lowest BCUT2D eigenvalue weighted by Gasteiger charge is -2.36. The third-order valence-corrected chi connectivity index (χ3v) is 7.26. The molecule has 2 saturated heterocycles. The molecule has 7 nitrogen and oxygen atoms in total. The molecule has 0 unspecified atom stereocenters. The number of hydrogen-bond acceptors (Lipinski definition) is 5. The second-order valence-electron chi connectivity index (χ2n) is 7.12. The van der Waals surface area contributed by atoms with Crippen LogP contribution >= 0.6 is 11.6 Å². The van der Waals surface area contributed by atoms with Crippen LogP contribution in [0.5, 0.6) is 0 Å². The zero-order valence-electron chi connectivity index (χ0n) is 15.9. The second kappa shape index (κ2) is 7.88. The number of rotatable bonds is 3. The van der Waals surface area contributed by atoms with E-state index < -0.39 is 15.9 Å². The summed E-state index contributed by atoms with van der Waals surface area (Å²) in [5.41, 5.74) is 0.857. The third kappa shape index (κ3) is 3.75. The van der Waals surface area contributed by atoms with Gasteiger partial charge >= 0.3 is 0 Å². The standard InChI is InChI=1S/C20H19ClFN3O4S/c21-16-13-14(25-19(26)7-12-30(25,28)29)5-6-15(16)20(27)24-10-8-23(9-11-24)18-4-2-1-3-17(18)22/h1-6,13H,7-12H2. The van der Waals surface area contributed by atoms with Crippen molar-refractivity contribution in [3.63, 3.8) is 0 Å². The summed E-state index contributed by atoms with van der Waals surface area (Å²) in [6.07, 6.45) is -0.0765. The van der Waals surface area contributed by atoms with Crippen LogP contribution in [0.2, 0.25) is 5.02 Å². The van der Waals surface area contributed by atoms with Gasteiger partial charge in [-0.2, -0.15) is 0 Å². The van der Waals surface area contributed by atoms with Gasteiger partial charge in [0.2, 0.25) is 15.9 Å². The van der Waals surface area contributed by atoms with Gasteiger partial charge in [-0.15, -0.1) is 0 Å². The fraction of sp³-hybridized carbons (Fsp3) is 0.300. The average molecular weight is 452 g/mol. The zero-order chi connectivity index (χ0) is 21.5. The Morgan fingerprint density at radius 1 is 1.03 bits per heavy atom. The molecule has 0 aliphatic carbocycles. The first-order valence-corrected chi connectivity index (χ1v) is 11.4. The van der Waals surface area contributed by atoms with Gasteiger partial charge < -0.3 is 9.80 Å². The molecule has 2 aromatic rings. The Morgan fingerprint density at radius 2 is 1.73 bits per heavy atom. The topological polar surface area (TPSA) is 78.0 Å². The number of anilines is 2. The van der Waals surface area contributed by atoms with E-state index in [9.17, 15) is 22.4 Å². The summed E-state index contributed by atoms with van der Waals surface area (Å²) < 4.78 is 38.9. The lowest BCUT2D eigenvalue weighted by atomic mass is 10.1. The summed E-state index contributed by atoms with van der Waals surface area (Å²) in [6, 6.07) is 10.7. The largest absolute Gasteiger partial charge is 0.366 e. The molecule has 30 heavy (non-hydrogen) atoms. The van der Waals surface area contributed by atoms with Crippen molar-refractivity contribution >= 4 is 44.8 Å². The van der Waals surface area contributed by atoms with Crippen LogP contribution in [0, 0.1) is 5.82 Å². The molecule has 0 radical (unpaired) electrons. The van der Waals surface area contributed by atoms with Gasteiger partial charge in [0, 0.05) is 32.6 Å². The van der Waals surface area contributed by atoms with E-state index in [2.05, 4.69) is 0 Å². The van der Waals surface area contributed by atoms with Gasteiger partial charge in [-0.1, -0.05) is 23.7 Å². The van der Waals surface area contributed by atoms with Crippen molar-refractivity contribution in [1.29, 1.82) is 0 Å². The van der Waals surface area contributed by atoms with E-state index in [0.717, 1.165) is 4.31 Å². The van der Waals surface area contributed by atoms with Crippen molar-refractivity contribution in [3.8, 4) is 0 Å². The molecular weight excluding hydrogens is 433 g/mol. The van der Waals surface area contributed by atoms with Crippen LogP contribution in [0.1, 0.15) is 16.8 Å². The van der Waals surface area contributed by atoms with E-state index in [-0.39, 0.29) is 40.2 Å². The minimum absolute atomic E-state index is 0.0731. The number of nitrogens with zero attached hydrogens (tertiary/aromatic N) is 3. The number of hydrogen-bond donors (Lipinski definition) is 0. The maximum atomic E-state index is 14.0. The van der Waals surface area contributed by atoms with Gasteiger partial charge in [0.05, 0.1) is 27.7 Å². The molecular formula is C20H19ClFN3O4S. The number of amides is 2. The molecule has 2 heterocycles. The molecule has 2 aromatic carbocycles. The van der Waals surface area contributed by atoms with E-state index in [1.54, 1.807) is 23.1 Å². The quantitative estimate of drug-likeness (QED) is 0.716. The Kier molecular flexibility index (Phi) is 5.42. The number of halogens is 2. The Morgan fingerprint density at radius 3 is 2.33 bits per heavy atom. The van der Waals surface area contributed by atoms with E-state index >= 15 is 0 Å². The highest BCUT2D eigenvalue weighted by Crippen LogP contribution is 2.30. The van der Waals surface area contributed by atoms with Gasteiger partial charge in [0.15, 0.2) is 0 Å². The number of sulfonamides is 1. The molecule has 2 aliphatic heterocycles. The molecule has 10 heteroatoms. The lowest BCUT2D eigenvalue weighted by molar-refractivity contribution is -0.116. The maximum absolute atomic E-state index is 14.0. The van der Waals surface area contributed by atoms with E-state index in [1.165, 1.54) is 24.3 Å². The van der Waals surface area contributed by atoms with Crippen LogP contribution in [-0.4, -0.2) is 57.1 Å². The summed E-state index contributed by atoms with van der Waals surface area (Å²) >= 11 is 6.27. The van der Waals surface area contributed by atoms with Gasteiger partial charge in [-0.25, -0.2) is 17.1 Å². The number of carbonyl (C=O) groups is 2. The molecule has 0 saturated carbocycles. The molecule has 0 aromatic heterocycles. The number of para-hydroxylation sites is 1. The Balaban J connectivity index is 1.48. The first-order chi connectivity index (χ1) is 14.3. The highest BCUT2D eigenvalue weighted by molar-refractivity contribution is 7.94. The van der Waals surface area contributed by atoms with Crippen molar-refractivity contribution < 1.29 is 22.4 Å². The molecule has 2 fully saturated rings. The molecule has 0 N–H and O–H groups in total. The van der Waals surface area contributed by atoms with Crippen molar-refractivity contribution in [2.75, 3.05) is 41.1 Å².